The zero-order valence-electron chi connectivity index (χ0n) is 16.1. The molecule has 0 aliphatic heterocycles. The number of aromatic nitrogens is 3. The van der Waals surface area contributed by atoms with Crippen molar-refractivity contribution < 1.29 is 17.9 Å². The van der Waals surface area contributed by atoms with Crippen LogP contribution in [0.4, 0.5) is 18.9 Å². The number of aromatic amines is 1. The number of rotatable bonds is 6. The van der Waals surface area contributed by atoms with Crippen LogP contribution in [0.25, 0.3) is 22.2 Å². The maximum Gasteiger partial charge on any atom is 0.449 e. The maximum atomic E-state index is 13.7. The van der Waals surface area contributed by atoms with Crippen molar-refractivity contribution >= 4 is 16.7 Å². The summed E-state index contributed by atoms with van der Waals surface area (Å²) < 4.78 is 47.4. The Labute approximate surface area is 164 Å². The topological polar surface area (TPSA) is 71.9 Å². The molecule has 0 saturated heterocycles. The van der Waals surface area contributed by atoms with Gasteiger partial charge in [0.2, 0.25) is 5.82 Å². The van der Waals surface area contributed by atoms with Crippen LogP contribution in [-0.2, 0) is 12.7 Å². The first-order valence-corrected chi connectivity index (χ1v) is 9.44. The minimum Gasteiger partial charge on any atom is -0.491 e. The van der Waals surface area contributed by atoms with Crippen LogP contribution in [0.1, 0.15) is 25.6 Å². The fraction of sp³-hybridized carbons (Fsp3) is 0.400. The fourth-order valence-electron chi connectivity index (χ4n) is 3.46. The number of H-pyrrole nitrogens is 1. The van der Waals surface area contributed by atoms with E-state index in [1.807, 2.05) is 6.92 Å². The minimum absolute atomic E-state index is 0.134. The summed E-state index contributed by atoms with van der Waals surface area (Å²) in [6.45, 7) is 2.69. The van der Waals surface area contributed by atoms with Gasteiger partial charge in [-0.3, -0.25) is 4.79 Å². The van der Waals surface area contributed by atoms with Crippen LogP contribution in [-0.4, -0.2) is 28.2 Å². The molecule has 2 N–H and O–H groups in total. The van der Waals surface area contributed by atoms with E-state index >= 15 is 0 Å². The number of nitrogens with zero attached hydrogens (tertiary/aromatic N) is 2. The number of alkyl halides is 3. The molecule has 9 heteroatoms. The third-order valence-corrected chi connectivity index (χ3v) is 5.03. The number of hydrogen-bond donors (Lipinski definition) is 2. The van der Waals surface area contributed by atoms with E-state index in [4.69, 9.17) is 4.74 Å². The van der Waals surface area contributed by atoms with Crippen molar-refractivity contribution in [1.82, 2.24) is 14.5 Å². The van der Waals surface area contributed by atoms with Gasteiger partial charge >= 0.3 is 6.18 Å². The first-order valence-electron chi connectivity index (χ1n) is 9.44. The van der Waals surface area contributed by atoms with Crippen molar-refractivity contribution in [1.29, 1.82) is 0 Å². The van der Waals surface area contributed by atoms with Gasteiger partial charge in [-0.25, -0.2) is 4.98 Å². The van der Waals surface area contributed by atoms with Crippen molar-refractivity contribution in [3.8, 4) is 16.9 Å². The van der Waals surface area contributed by atoms with Gasteiger partial charge < -0.3 is 19.6 Å². The molecular formula is C20H21F3N4O2. The van der Waals surface area contributed by atoms with E-state index in [1.54, 1.807) is 18.2 Å². The SMILES string of the molecule is CCNc1cc(-c2c[nH]c(=O)c(OC)c2)cc2c1nc(C(F)(F)F)n2CC1CC1. The molecule has 1 aliphatic rings. The molecule has 1 saturated carbocycles. The molecule has 0 amide bonds. The highest BCUT2D eigenvalue weighted by Gasteiger charge is 2.39. The van der Waals surface area contributed by atoms with Crippen LogP contribution in [0, 0.1) is 5.92 Å². The second-order valence-corrected chi connectivity index (χ2v) is 7.19. The predicted octanol–water partition coefficient (Wildman–Crippen LogP) is 4.26. The second-order valence-electron chi connectivity index (χ2n) is 7.19. The molecule has 2 heterocycles. The molecule has 6 nitrogen and oxygen atoms in total. The fourth-order valence-corrected chi connectivity index (χ4v) is 3.46. The number of pyridine rings is 1. The predicted molar refractivity (Wildman–Crippen MR) is 104 cm³/mol. The Morgan fingerprint density at radius 3 is 2.66 bits per heavy atom. The van der Waals surface area contributed by atoms with Gasteiger partial charge in [0.15, 0.2) is 5.75 Å². The Hall–Kier alpha value is -2.97. The van der Waals surface area contributed by atoms with Crippen LogP contribution in [0.5, 0.6) is 5.75 Å². The lowest BCUT2D eigenvalue weighted by Crippen LogP contribution is -2.15. The second kappa shape index (κ2) is 7.13. The molecule has 1 fully saturated rings. The molecule has 0 unspecified atom stereocenters. The van der Waals surface area contributed by atoms with Crippen molar-refractivity contribution in [2.45, 2.75) is 32.5 Å². The lowest BCUT2D eigenvalue weighted by molar-refractivity contribution is -0.147. The Kier molecular flexibility index (Phi) is 4.76. The molecule has 4 rings (SSSR count). The van der Waals surface area contributed by atoms with Crippen molar-refractivity contribution in [2.24, 2.45) is 5.92 Å². The third kappa shape index (κ3) is 3.68. The number of fused-ring (bicyclic) bond motifs is 1. The molecule has 3 aromatic rings. The highest BCUT2D eigenvalue weighted by Crippen LogP contribution is 2.39. The van der Waals surface area contributed by atoms with Crippen molar-refractivity contribution in [3.05, 3.63) is 40.6 Å². The summed E-state index contributed by atoms with van der Waals surface area (Å²) in [5.74, 6) is -0.502. The highest BCUT2D eigenvalue weighted by molar-refractivity contribution is 5.94. The summed E-state index contributed by atoms with van der Waals surface area (Å²) in [7, 11) is 1.39. The number of nitrogens with one attached hydrogen (secondary N) is 2. The van der Waals surface area contributed by atoms with Gasteiger partial charge in [-0.05, 0) is 49.4 Å². The average Bonchev–Trinajstić information content (AvgIpc) is 3.41. The smallest absolute Gasteiger partial charge is 0.449 e. The molecule has 2 aromatic heterocycles. The lowest BCUT2D eigenvalue weighted by Gasteiger charge is -2.12. The summed E-state index contributed by atoms with van der Waals surface area (Å²) in [6, 6.07) is 5.00. The molecule has 0 spiro atoms. The van der Waals surface area contributed by atoms with Crippen molar-refractivity contribution in [3.63, 3.8) is 0 Å². The van der Waals surface area contributed by atoms with Crippen LogP contribution in [0.2, 0.25) is 0 Å². The summed E-state index contributed by atoms with van der Waals surface area (Å²) >= 11 is 0. The zero-order chi connectivity index (χ0) is 20.8. The standard InChI is InChI=1S/C20H21F3N4O2/c1-3-24-14-6-12(13-8-16(29-2)18(28)25-9-13)7-15-17(14)26-19(20(21,22)23)27(15)10-11-4-5-11/h6-9,11,24H,3-5,10H2,1-2H3,(H,25,28). The number of hydrogen-bond acceptors (Lipinski definition) is 4. The molecule has 0 atom stereocenters. The van der Waals surface area contributed by atoms with E-state index in [2.05, 4.69) is 15.3 Å². The molecule has 154 valence electrons. The van der Waals surface area contributed by atoms with Gasteiger partial charge in [0.05, 0.1) is 18.3 Å². The number of halogens is 3. The van der Waals surface area contributed by atoms with Crippen LogP contribution in [0.3, 0.4) is 0 Å². The van der Waals surface area contributed by atoms with Crippen LogP contribution < -0.4 is 15.6 Å². The monoisotopic (exact) mass is 406 g/mol. The van der Waals surface area contributed by atoms with E-state index in [9.17, 15) is 18.0 Å². The van der Waals surface area contributed by atoms with Gasteiger partial charge in [-0.2, -0.15) is 13.2 Å². The van der Waals surface area contributed by atoms with Crippen molar-refractivity contribution in [2.75, 3.05) is 19.0 Å². The van der Waals surface area contributed by atoms with Crippen LogP contribution in [0.15, 0.2) is 29.2 Å². The Morgan fingerprint density at radius 2 is 2.03 bits per heavy atom. The lowest BCUT2D eigenvalue weighted by atomic mass is 10.1. The largest absolute Gasteiger partial charge is 0.491 e. The van der Waals surface area contributed by atoms with Crippen LogP contribution >= 0.6 is 0 Å². The van der Waals surface area contributed by atoms with E-state index in [-0.39, 0.29) is 23.8 Å². The Bertz CT molecular complexity index is 1110. The third-order valence-electron chi connectivity index (χ3n) is 5.03. The molecular weight excluding hydrogens is 385 g/mol. The Morgan fingerprint density at radius 1 is 1.28 bits per heavy atom. The van der Waals surface area contributed by atoms with Gasteiger partial charge in [-0.15, -0.1) is 0 Å². The van der Waals surface area contributed by atoms with Gasteiger partial charge in [0.1, 0.15) is 5.52 Å². The highest BCUT2D eigenvalue weighted by atomic mass is 19.4. The summed E-state index contributed by atoms with van der Waals surface area (Å²) in [5.41, 5.74) is 2.15. The Balaban J connectivity index is 1.96. The quantitative estimate of drug-likeness (QED) is 0.642. The number of imidazole rings is 1. The maximum absolute atomic E-state index is 13.7. The number of anilines is 1. The average molecular weight is 406 g/mol. The van der Waals surface area contributed by atoms with E-state index in [0.29, 0.717) is 34.4 Å². The molecule has 1 aliphatic carbocycles. The normalized spacial score (nSPS) is 14.4. The van der Waals surface area contributed by atoms with Gasteiger partial charge in [0.25, 0.3) is 5.56 Å². The molecule has 0 radical (unpaired) electrons. The first-order chi connectivity index (χ1) is 13.8. The summed E-state index contributed by atoms with van der Waals surface area (Å²) in [5, 5.41) is 3.12. The number of benzene rings is 1. The van der Waals surface area contributed by atoms with E-state index in [0.717, 1.165) is 12.8 Å². The molecule has 29 heavy (non-hydrogen) atoms. The zero-order valence-corrected chi connectivity index (χ0v) is 16.1. The number of methoxy groups -OCH3 is 1. The number of ether oxygens (including phenoxy) is 1. The first kappa shape index (κ1) is 19.4. The molecule has 0 bridgehead atoms. The van der Waals surface area contributed by atoms with E-state index < -0.39 is 12.0 Å². The minimum atomic E-state index is -4.54. The summed E-state index contributed by atoms with van der Waals surface area (Å²) in [4.78, 5) is 18.3. The summed E-state index contributed by atoms with van der Waals surface area (Å²) in [6.07, 6.45) is -1.17. The van der Waals surface area contributed by atoms with Gasteiger partial charge in [-0.1, -0.05) is 0 Å². The molecule has 1 aromatic carbocycles. The van der Waals surface area contributed by atoms with Gasteiger partial charge in [0, 0.05) is 24.8 Å². The van der Waals surface area contributed by atoms with E-state index in [1.165, 1.54) is 17.9 Å².